The summed E-state index contributed by atoms with van der Waals surface area (Å²) in [5.74, 6) is 0. The number of aromatic amines is 2. The van der Waals surface area contributed by atoms with E-state index in [2.05, 4.69) is 13.4 Å². The van der Waals surface area contributed by atoms with Crippen molar-refractivity contribution in [3.8, 4) is 0 Å². The Morgan fingerprint density at radius 2 is 1.04 bits per heavy atom. The number of rotatable bonds is 10. The molecule has 0 saturated carbocycles. The molecule has 2 unspecified atom stereocenters. The second-order valence-corrected chi connectivity index (χ2v) is 13.1. The van der Waals surface area contributed by atoms with Crippen molar-refractivity contribution in [3.63, 3.8) is 0 Å². The van der Waals surface area contributed by atoms with E-state index in [-0.39, 0.29) is 118 Å². The molecule has 32 heteroatoms. The molecule has 260 valence electrons. The summed E-state index contributed by atoms with van der Waals surface area (Å²) in [4.78, 5) is 99.6. The van der Waals surface area contributed by atoms with Gasteiger partial charge in [-0.3, -0.25) is 42.1 Å². The molecule has 10 atom stereocenters. The number of nitrogens with one attached hydrogen (secondary N) is 2. The molecule has 2 aromatic heterocycles. The number of phosphoric ester groups is 2. The predicted molar refractivity (Wildman–Crippen MR) is 133 cm³/mol. The largest absolute Gasteiger partial charge is 1.00 e. The van der Waals surface area contributed by atoms with E-state index in [1.54, 1.807) is 0 Å². The minimum absolute atomic E-state index is 0. The molecular formula is C18H23N4Na4O21P3. The Labute approximate surface area is 366 Å². The van der Waals surface area contributed by atoms with Gasteiger partial charge in [0, 0.05) is 24.5 Å². The van der Waals surface area contributed by atoms with Crippen molar-refractivity contribution in [2.24, 2.45) is 0 Å². The van der Waals surface area contributed by atoms with Crippen LogP contribution in [-0.4, -0.2) is 94.3 Å². The Balaban J connectivity index is 0. The van der Waals surface area contributed by atoms with Crippen LogP contribution in [0.25, 0.3) is 0 Å². The molecule has 2 fully saturated rings. The van der Waals surface area contributed by atoms with Gasteiger partial charge >= 0.3 is 130 Å². The average Bonchev–Trinajstić information content (AvgIpc) is 3.35. The van der Waals surface area contributed by atoms with Crippen LogP contribution in [0, 0.1) is 0 Å². The number of nitrogens with zero attached hydrogens (tertiary/aromatic N) is 2. The first-order chi connectivity index (χ1) is 21.1. The zero-order valence-corrected chi connectivity index (χ0v) is 37.0. The Bertz CT molecular complexity index is 1760. The SMILES string of the molecule is O=c1ccn([C@@H]2O[C@H](COP(=O)([O-])O)[C@@H](O)[C@H]2O)c(=O)[nH]1.O=c1ccn([C@@H]2O[C@H](COP(=O)([O-])OP(=O)([O-])[O-])[C@@H](O)[C@H]2O)c(=O)[nH]1.[Na+].[Na+].[Na+].[Na+]. The maximum Gasteiger partial charge on any atom is 1.00 e. The van der Waals surface area contributed by atoms with Crippen LogP contribution in [0.5, 0.6) is 0 Å². The number of hydrogen-bond donors (Lipinski definition) is 7. The Hall–Kier alpha value is 1.49. The summed E-state index contributed by atoms with van der Waals surface area (Å²) < 4.78 is 55.1. The van der Waals surface area contributed by atoms with Gasteiger partial charge in [0.15, 0.2) is 12.5 Å². The molecular weight excluding hydrogens is 793 g/mol. The summed E-state index contributed by atoms with van der Waals surface area (Å²) in [6.07, 6.45) is -10.2. The van der Waals surface area contributed by atoms with Crippen molar-refractivity contribution in [1.29, 1.82) is 0 Å². The fourth-order valence-electron chi connectivity index (χ4n) is 3.93. The van der Waals surface area contributed by atoms with E-state index in [0.717, 1.165) is 33.7 Å². The molecule has 50 heavy (non-hydrogen) atoms. The molecule has 0 aliphatic carbocycles. The van der Waals surface area contributed by atoms with Crippen LogP contribution in [0.2, 0.25) is 0 Å². The molecule has 2 aliphatic heterocycles. The van der Waals surface area contributed by atoms with E-state index < -0.39 is 108 Å². The monoisotopic (exact) mass is 816 g/mol. The van der Waals surface area contributed by atoms with Gasteiger partial charge in [-0.1, -0.05) is 0 Å². The molecule has 4 rings (SSSR count). The standard InChI is InChI=1S/C9H14N2O12P2.C9H13N2O9P.4Na/c12-5-1-2-11(9(15)10-5)8-7(14)6(13)4(22-8)3-21-25(19,20)23-24(16,17)18;12-5-1-2-11(9(15)10-5)8-7(14)6(13)4(20-8)3-19-21(16,17)18;;;;/h1-2,4,6-8,13-14H,3H2,(H,19,20)(H,10,12,15)(H2,16,17,18);1-2,4,6-8,13-14H,3H2,(H,10,12,15)(H2,16,17,18);;;;/q;;4*+1/p-4/t2*4-,6-,7-,8-;;;;/m11..../s1. The molecule has 0 amide bonds. The molecule has 2 aromatic rings. The second-order valence-electron chi connectivity index (χ2n) is 9.16. The molecule has 2 aliphatic rings. The third-order valence-corrected chi connectivity index (χ3v) is 8.46. The Morgan fingerprint density at radius 1 is 0.680 bits per heavy atom. The second kappa shape index (κ2) is 22.3. The number of aliphatic hydroxyl groups excluding tert-OH is 4. The van der Waals surface area contributed by atoms with Crippen LogP contribution in [0.15, 0.2) is 43.7 Å². The van der Waals surface area contributed by atoms with E-state index in [1.165, 1.54) is 0 Å². The van der Waals surface area contributed by atoms with Crippen LogP contribution >= 0.6 is 23.5 Å². The summed E-state index contributed by atoms with van der Waals surface area (Å²) in [6, 6.07) is 1.95. The minimum atomic E-state index is -5.88. The quantitative estimate of drug-likeness (QED) is 0.0864. The normalized spacial score (nSPS) is 28.2. The van der Waals surface area contributed by atoms with Crippen LogP contribution in [0.4, 0.5) is 0 Å². The van der Waals surface area contributed by atoms with Gasteiger partial charge in [0.25, 0.3) is 26.8 Å². The average molecular weight is 816 g/mol. The van der Waals surface area contributed by atoms with E-state index in [0.29, 0.717) is 0 Å². The number of hydrogen-bond acceptors (Lipinski definition) is 20. The van der Waals surface area contributed by atoms with Gasteiger partial charge in [-0.05, 0) is 0 Å². The summed E-state index contributed by atoms with van der Waals surface area (Å²) in [5, 5.41) is 39.2. The first-order valence-electron chi connectivity index (χ1n) is 12.1. The van der Waals surface area contributed by atoms with Crippen molar-refractivity contribution in [3.05, 3.63) is 66.2 Å². The molecule has 4 heterocycles. The third-order valence-electron chi connectivity index (χ3n) is 5.92. The first-order valence-corrected chi connectivity index (χ1v) is 16.5. The van der Waals surface area contributed by atoms with Crippen molar-refractivity contribution in [2.75, 3.05) is 13.2 Å². The van der Waals surface area contributed by atoms with E-state index in [9.17, 15) is 72.9 Å². The van der Waals surface area contributed by atoms with Gasteiger partial charge < -0.3 is 68.0 Å². The number of aliphatic hydroxyl groups is 4. The van der Waals surface area contributed by atoms with Crippen LogP contribution < -0.4 is 160 Å². The van der Waals surface area contributed by atoms with Gasteiger partial charge in [-0.2, -0.15) is 0 Å². The molecule has 7 N–H and O–H groups in total. The smallest absolute Gasteiger partial charge is 0.790 e. The Morgan fingerprint density at radius 3 is 1.36 bits per heavy atom. The molecule has 0 spiro atoms. The molecule has 2 saturated heterocycles. The van der Waals surface area contributed by atoms with Crippen molar-refractivity contribution in [2.45, 2.75) is 49.1 Å². The summed E-state index contributed by atoms with van der Waals surface area (Å²) in [5.41, 5.74) is -3.23. The molecule has 25 nitrogen and oxygen atoms in total. The van der Waals surface area contributed by atoms with Gasteiger partial charge in [0.1, 0.15) is 36.6 Å². The maximum absolute atomic E-state index is 11.6. The van der Waals surface area contributed by atoms with Crippen molar-refractivity contribution >= 4 is 23.5 Å². The van der Waals surface area contributed by atoms with Crippen LogP contribution in [0.1, 0.15) is 12.5 Å². The molecule has 0 bridgehead atoms. The fraction of sp³-hybridized carbons (Fsp3) is 0.556. The Kier molecular flexibility index (Phi) is 23.9. The van der Waals surface area contributed by atoms with Crippen LogP contribution in [0.3, 0.4) is 0 Å². The summed E-state index contributed by atoms with van der Waals surface area (Å²) >= 11 is 0. The molecule has 0 aromatic carbocycles. The summed E-state index contributed by atoms with van der Waals surface area (Å²) in [7, 11) is -16.4. The van der Waals surface area contributed by atoms with Gasteiger partial charge in [-0.25, -0.2) is 9.59 Å². The van der Waals surface area contributed by atoms with Gasteiger partial charge in [0.2, 0.25) is 0 Å². The number of H-pyrrole nitrogens is 2. The van der Waals surface area contributed by atoms with Gasteiger partial charge in [0.05, 0.1) is 21.0 Å². The maximum atomic E-state index is 11.6. The van der Waals surface area contributed by atoms with E-state index in [1.807, 2.05) is 9.97 Å². The number of aromatic nitrogens is 4. The first kappa shape index (κ1) is 53.6. The predicted octanol–water partition coefficient (Wildman–Crippen LogP) is -19.9. The topological polar surface area (TPSA) is 400 Å². The van der Waals surface area contributed by atoms with Crippen molar-refractivity contribution in [1.82, 2.24) is 19.1 Å². The fourth-order valence-corrected chi connectivity index (χ4v) is 5.76. The summed E-state index contributed by atoms with van der Waals surface area (Å²) in [6.45, 7) is -1.77. The van der Waals surface area contributed by atoms with E-state index >= 15 is 0 Å². The zero-order chi connectivity index (χ0) is 34.8. The molecule has 0 radical (unpaired) electrons. The minimum Gasteiger partial charge on any atom is -0.790 e. The van der Waals surface area contributed by atoms with Gasteiger partial charge in [-0.15, -0.1) is 0 Å². The third kappa shape index (κ3) is 15.9. The number of ether oxygens (including phenoxy) is 2. The zero-order valence-electron chi connectivity index (χ0n) is 26.3. The van der Waals surface area contributed by atoms with Crippen LogP contribution in [-0.2, 0) is 36.5 Å². The van der Waals surface area contributed by atoms with Crippen molar-refractivity contribution < 1.29 is 200 Å². The number of phosphoric acid groups is 3. The van der Waals surface area contributed by atoms with E-state index in [4.69, 9.17) is 14.4 Å².